The first kappa shape index (κ1) is 29.7. The number of aromatic hydroxyl groups is 1. The molecule has 1 aromatic rings. The molecule has 0 aliphatic heterocycles. The Bertz CT molecular complexity index is 941. The monoisotopic (exact) mass is 492 g/mol. The van der Waals surface area contributed by atoms with Crippen LogP contribution in [0.15, 0.2) is 24.3 Å². The van der Waals surface area contributed by atoms with E-state index in [1.165, 1.54) is 17.0 Å². The molecule has 5 N–H and O–H groups in total. The number of alkyl carbamates (subject to hydrolysis) is 1. The third kappa shape index (κ3) is 9.84. The fourth-order valence-electron chi connectivity index (χ4n) is 3.41. The van der Waals surface area contributed by atoms with Gasteiger partial charge in [-0.05, 0) is 80.0 Å². The van der Waals surface area contributed by atoms with E-state index in [0.29, 0.717) is 5.56 Å². The Morgan fingerprint density at radius 3 is 2.03 bits per heavy atom. The first-order valence-corrected chi connectivity index (χ1v) is 11.4. The molecule has 0 heterocycles. The molecule has 0 aromatic heterocycles. The minimum absolute atomic E-state index is 0.0852. The number of primary amides is 1. The molecule has 0 aliphatic carbocycles. The third-order valence-corrected chi connectivity index (χ3v) is 4.55. The average Bonchev–Trinajstić information content (AvgIpc) is 2.60. The van der Waals surface area contributed by atoms with Crippen LogP contribution in [0.2, 0.25) is 0 Å². The van der Waals surface area contributed by atoms with Gasteiger partial charge in [0.2, 0.25) is 17.7 Å². The summed E-state index contributed by atoms with van der Waals surface area (Å²) in [6.45, 7) is 15.5. The van der Waals surface area contributed by atoms with Crippen molar-refractivity contribution < 1.29 is 29.0 Å². The molecule has 0 aliphatic rings. The second kappa shape index (κ2) is 11.0. The number of hydrogen-bond acceptors (Lipinski definition) is 6. The quantitative estimate of drug-likeness (QED) is 0.459. The number of nitrogens with two attached hydrogens (primary N) is 1. The average molecular weight is 493 g/mol. The van der Waals surface area contributed by atoms with Crippen molar-refractivity contribution in [1.29, 1.82) is 0 Å². The summed E-state index contributed by atoms with van der Waals surface area (Å²) in [7, 11) is 0. The van der Waals surface area contributed by atoms with Gasteiger partial charge in [0, 0.05) is 11.1 Å². The predicted molar refractivity (Wildman–Crippen MR) is 132 cm³/mol. The molecule has 10 heteroatoms. The molecule has 196 valence electrons. The first-order valence-electron chi connectivity index (χ1n) is 11.4. The van der Waals surface area contributed by atoms with Crippen LogP contribution in [-0.2, 0) is 19.1 Å². The van der Waals surface area contributed by atoms with Crippen molar-refractivity contribution in [2.45, 2.75) is 97.5 Å². The van der Waals surface area contributed by atoms with Crippen molar-refractivity contribution in [2.24, 2.45) is 5.73 Å². The SMILES string of the molecule is CC(C)(C)NC(=O)C(c1cccc(O)c1)N(C(=O)C(CC(N)=O)NC(=O)OC(C)(C)C)C(C)(C)C. The number of rotatable bonds is 7. The van der Waals surface area contributed by atoms with Gasteiger partial charge >= 0.3 is 6.09 Å². The Morgan fingerprint density at radius 2 is 1.60 bits per heavy atom. The molecule has 0 spiro atoms. The van der Waals surface area contributed by atoms with E-state index in [-0.39, 0.29) is 5.75 Å². The highest BCUT2D eigenvalue weighted by molar-refractivity contribution is 5.95. The van der Waals surface area contributed by atoms with E-state index in [4.69, 9.17) is 10.5 Å². The number of carbonyl (C=O) groups is 4. The van der Waals surface area contributed by atoms with Gasteiger partial charge in [-0.2, -0.15) is 0 Å². The molecule has 0 saturated carbocycles. The van der Waals surface area contributed by atoms with Crippen LogP contribution in [0.3, 0.4) is 0 Å². The van der Waals surface area contributed by atoms with Crippen molar-refractivity contribution in [3.05, 3.63) is 29.8 Å². The van der Waals surface area contributed by atoms with Gasteiger partial charge in [0.1, 0.15) is 23.4 Å². The van der Waals surface area contributed by atoms with Crippen molar-refractivity contribution in [3.8, 4) is 5.75 Å². The van der Waals surface area contributed by atoms with E-state index in [0.717, 1.165) is 0 Å². The van der Waals surface area contributed by atoms with Crippen molar-refractivity contribution in [1.82, 2.24) is 15.5 Å². The Morgan fingerprint density at radius 1 is 1.03 bits per heavy atom. The normalized spacial score (nSPS) is 13.9. The molecular weight excluding hydrogens is 452 g/mol. The van der Waals surface area contributed by atoms with Crippen LogP contribution >= 0.6 is 0 Å². The zero-order valence-corrected chi connectivity index (χ0v) is 22.2. The molecule has 0 saturated heterocycles. The molecule has 0 bridgehead atoms. The van der Waals surface area contributed by atoms with Gasteiger partial charge in [-0.25, -0.2) is 4.79 Å². The molecule has 2 atom stereocenters. The molecule has 35 heavy (non-hydrogen) atoms. The lowest BCUT2D eigenvalue weighted by molar-refractivity contribution is -0.149. The molecule has 0 radical (unpaired) electrons. The van der Waals surface area contributed by atoms with Gasteiger partial charge in [-0.15, -0.1) is 0 Å². The zero-order valence-electron chi connectivity index (χ0n) is 22.2. The topological polar surface area (TPSA) is 151 Å². The lowest BCUT2D eigenvalue weighted by Gasteiger charge is -2.43. The molecule has 2 unspecified atom stereocenters. The van der Waals surface area contributed by atoms with Gasteiger partial charge < -0.3 is 31.1 Å². The summed E-state index contributed by atoms with van der Waals surface area (Å²) in [6.07, 6.45) is -1.41. The van der Waals surface area contributed by atoms with Crippen LogP contribution in [0.5, 0.6) is 5.75 Å². The first-order chi connectivity index (χ1) is 15.7. The second-order valence-electron chi connectivity index (χ2n) is 11.5. The molecule has 4 amide bonds. The fourth-order valence-corrected chi connectivity index (χ4v) is 3.41. The highest BCUT2D eigenvalue weighted by atomic mass is 16.6. The maximum Gasteiger partial charge on any atom is 0.408 e. The lowest BCUT2D eigenvalue weighted by atomic mass is 9.94. The van der Waals surface area contributed by atoms with Crippen LogP contribution in [0, 0.1) is 0 Å². The van der Waals surface area contributed by atoms with E-state index < -0.39 is 59.0 Å². The standard InChI is InChI=1S/C25H40N4O6/c1-23(2,3)28-20(32)19(15-11-10-12-16(30)13-15)29(24(4,5)6)21(33)17(14-18(26)31)27-22(34)35-25(7,8)9/h10-13,17,19,30H,14H2,1-9H3,(H2,26,31)(H,27,34)(H,28,32). The number of phenolic OH excluding ortho intramolecular Hbond substituents is 1. The molecule has 10 nitrogen and oxygen atoms in total. The maximum absolute atomic E-state index is 13.9. The number of nitrogens with one attached hydrogen (secondary N) is 2. The Labute approximate surface area is 207 Å². The Kier molecular flexibility index (Phi) is 9.31. The predicted octanol–water partition coefficient (Wildman–Crippen LogP) is 2.74. The molecule has 1 rings (SSSR count). The van der Waals surface area contributed by atoms with Gasteiger partial charge in [0.05, 0.1) is 6.42 Å². The van der Waals surface area contributed by atoms with E-state index in [1.54, 1.807) is 74.4 Å². The van der Waals surface area contributed by atoms with Crippen LogP contribution in [0.4, 0.5) is 4.79 Å². The summed E-state index contributed by atoms with van der Waals surface area (Å²) in [5.74, 6) is -2.11. The fraction of sp³-hybridized carbons (Fsp3) is 0.600. The van der Waals surface area contributed by atoms with Crippen LogP contribution in [-0.4, -0.2) is 56.5 Å². The third-order valence-electron chi connectivity index (χ3n) is 4.55. The van der Waals surface area contributed by atoms with E-state index in [2.05, 4.69) is 10.6 Å². The lowest BCUT2D eigenvalue weighted by Crippen LogP contribution is -2.60. The highest BCUT2D eigenvalue weighted by Gasteiger charge is 2.43. The van der Waals surface area contributed by atoms with Gasteiger partial charge in [0.25, 0.3) is 0 Å². The summed E-state index contributed by atoms with van der Waals surface area (Å²) in [4.78, 5) is 53.0. The number of carbonyl (C=O) groups excluding carboxylic acids is 4. The molecule has 1 aromatic carbocycles. The summed E-state index contributed by atoms with van der Waals surface area (Å²) in [5, 5.41) is 15.4. The smallest absolute Gasteiger partial charge is 0.408 e. The number of phenols is 1. The van der Waals surface area contributed by atoms with E-state index >= 15 is 0 Å². The van der Waals surface area contributed by atoms with Gasteiger partial charge in [0.15, 0.2) is 0 Å². The largest absolute Gasteiger partial charge is 0.508 e. The number of benzene rings is 1. The molecule has 0 fully saturated rings. The minimum Gasteiger partial charge on any atom is -0.508 e. The van der Waals surface area contributed by atoms with Gasteiger partial charge in [-0.1, -0.05) is 12.1 Å². The van der Waals surface area contributed by atoms with Crippen molar-refractivity contribution >= 4 is 23.8 Å². The van der Waals surface area contributed by atoms with Crippen LogP contribution in [0.1, 0.15) is 80.3 Å². The van der Waals surface area contributed by atoms with Crippen molar-refractivity contribution in [2.75, 3.05) is 0 Å². The van der Waals surface area contributed by atoms with Crippen molar-refractivity contribution in [3.63, 3.8) is 0 Å². The summed E-state index contributed by atoms with van der Waals surface area (Å²) in [5.41, 5.74) is 3.31. The zero-order chi connectivity index (χ0) is 27.4. The number of nitrogens with zero attached hydrogens (tertiary/aromatic N) is 1. The second-order valence-corrected chi connectivity index (χ2v) is 11.5. The Balaban J connectivity index is 3.61. The Hall–Kier alpha value is -3.30. The van der Waals surface area contributed by atoms with Gasteiger partial charge in [-0.3, -0.25) is 14.4 Å². The number of amides is 4. The minimum atomic E-state index is -1.39. The molecular formula is C25H40N4O6. The van der Waals surface area contributed by atoms with Crippen LogP contribution < -0.4 is 16.4 Å². The summed E-state index contributed by atoms with van der Waals surface area (Å²) in [6, 6.07) is 3.44. The summed E-state index contributed by atoms with van der Waals surface area (Å²) < 4.78 is 5.25. The highest BCUT2D eigenvalue weighted by Crippen LogP contribution is 2.32. The summed E-state index contributed by atoms with van der Waals surface area (Å²) >= 11 is 0. The maximum atomic E-state index is 13.9. The number of hydrogen-bond donors (Lipinski definition) is 4. The van der Waals surface area contributed by atoms with E-state index in [1.807, 2.05) is 0 Å². The number of ether oxygens (including phenoxy) is 1. The van der Waals surface area contributed by atoms with E-state index in [9.17, 15) is 24.3 Å². The van der Waals surface area contributed by atoms with Crippen LogP contribution in [0.25, 0.3) is 0 Å².